The SMILES string of the molecule is O=C(NC(=S)Nc1ccc(N2CCCCC2)cc1)c1ccccc1I. The minimum atomic E-state index is -0.201. The normalized spacial score (nSPS) is 14.0. The Kier molecular flexibility index (Phi) is 6.25. The van der Waals surface area contributed by atoms with Gasteiger partial charge in [-0.1, -0.05) is 12.1 Å². The Labute approximate surface area is 167 Å². The standard InChI is InChI=1S/C19H20IN3OS/c20-17-7-3-2-6-16(17)18(24)22-19(25)21-14-8-10-15(11-9-14)23-12-4-1-5-13-23/h2-3,6-11H,1,4-5,12-13H2,(H2,21,22,24,25). The number of anilines is 2. The summed E-state index contributed by atoms with van der Waals surface area (Å²) in [5, 5.41) is 6.10. The third kappa shape index (κ3) is 4.92. The fraction of sp³-hybridized carbons (Fsp3) is 0.263. The van der Waals surface area contributed by atoms with E-state index in [9.17, 15) is 4.79 Å². The first kappa shape index (κ1) is 18.1. The van der Waals surface area contributed by atoms with Crippen LogP contribution in [0, 0.1) is 3.57 Å². The Morgan fingerprint density at radius 3 is 2.36 bits per heavy atom. The summed E-state index contributed by atoms with van der Waals surface area (Å²) in [5.41, 5.74) is 2.72. The van der Waals surface area contributed by atoms with E-state index < -0.39 is 0 Å². The predicted molar refractivity (Wildman–Crippen MR) is 115 cm³/mol. The van der Waals surface area contributed by atoms with Gasteiger partial charge in [-0.2, -0.15) is 0 Å². The number of nitrogens with one attached hydrogen (secondary N) is 2. The molecule has 1 amide bonds. The van der Waals surface area contributed by atoms with Gasteiger partial charge in [-0.15, -0.1) is 0 Å². The summed E-state index contributed by atoms with van der Waals surface area (Å²) >= 11 is 7.40. The molecular formula is C19H20IN3OS. The van der Waals surface area contributed by atoms with Crippen LogP contribution in [0.2, 0.25) is 0 Å². The molecule has 0 aromatic heterocycles. The van der Waals surface area contributed by atoms with Gasteiger partial charge >= 0.3 is 0 Å². The van der Waals surface area contributed by atoms with Crippen LogP contribution in [0.25, 0.3) is 0 Å². The fourth-order valence-electron chi connectivity index (χ4n) is 2.89. The van der Waals surface area contributed by atoms with Crippen molar-refractivity contribution in [1.82, 2.24) is 5.32 Å². The van der Waals surface area contributed by atoms with Crippen molar-refractivity contribution in [2.24, 2.45) is 0 Å². The largest absolute Gasteiger partial charge is 0.372 e. The molecule has 1 heterocycles. The summed E-state index contributed by atoms with van der Waals surface area (Å²) in [6.45, 7) is 2.24. The Balaban J connectivity index is 1.57. The average molecular weight is 465 g/mol. The quantitative estimate of drug-likeness (QED) is 0.521. The zero-order valence-corrected chi connectivity index (χ0v) is 16.8. The second-order valence-corrected chi connectivity index (χ2v) is 7.55. The van der Waals surface area contributed by atoms with Crippen LogP contribution in [-0.2, 0) is 0 Å². The van der Waals surface area contributed by atoms with Crippen molar-refractivity contribution < 1.29 is 4.79 Å². The number of piperidine rings is 1. The van der Waals surface area contributed by atoms with Crippen LogP contribution in [0.1, 0.15) is 29.6 Å². The second-order valence-electron chi connectivity index (χ2n) is 5.98. The molecule has 4 nitrogen and oxygen atoms in total. The topological polar surface area (TPSA) is 44.4 Å². The third-order valence-electron chi connectivity index (χ3n) is 4.19. The highest BCUT2D eigenvalue weighted by atomic mass is 127. The van der Waals surface area contributed by atoms with Gasteiger partial charge in [0.25, 0.3) is 5.91 Å². The maximum Gasteiger partial charge on any atom is 0.258 e. The molecule has 0 radical (unpaired) electrons. The lowest BCUT2D eigenvalue weighted by molar-refractivity contribution is 0.0977. The van der Waals surface area contributed by atoms with Crippen molar-refractivity contribution >= 4 is 57.2 Å². The molecule has 0 bridgehead atoms. The molecule has 0 saturated carbocycles. The first-order valence-corrected chi connectivity index (χ1v) is 9.84. The summed E-state index contributed by atoms with van der Waals surface area (Å²) < 4.78 is 0.895. The Hall–Kier alpha value is -1.67. The lowest BCUT2D eigenvalue weighted by Gasteiger charge is -2.28. The number of hydrogen-bond donors (Lipinski definition) is 2. The highest BCUT2D eigenvalue weighted by Gasteiger charge is 2.12. The minimum Gasteiger partial charge on any atom is -0.372 e. The van der Waals surface area contributed by atoms with Crippen molar-refractivity contribution in [2.75, 3.05) is 23.3 Å². The summed E-state index contributed by atoms with van der Waals surface area (Å²) in [7, 11) is 0. The molecule has 6 heteroatoms. The van der Waals surface area contributed by atoms with E-state index in [0.717, 1.165) is 22.3 Å². The number of halogens is 1. The summed E-state index contributed by atoms with van der Waals surface area (Å²) in [5.74, 6) is -0.201. The lowest BCUT2D eigenvalue weighted by Crippen LogP contribution is -2.34. The van der Waals surface area contributed by atoms with Gasteiger partial charge < -0.3 is 10.2 Å². The number of nitrogens with zero attached hydrogens (tertiary/aromatic N) is 1. The van der Waals surface area contributed by atoms with E-state index in [1.165, 1.54) is 24.9 Å². The van der Waals surface area contributed by atoms with Crippen molar-refractivity contribution in [3.63, 3.8) is 0 Å². The van der Waals surface area contributed by atoms with E-state index in [2.05, 4.69) is 50.3 Å². The van der Waals surface area contributed by atoms with Gasteiger partial charge in [0, 0.05) is 28.0 Å². The van der Waals surface area contributed by atoms with E-state index in [1.54, 1.807) is 6.07 Å². The van der Waals surface area contributed by atoms with Crippen molar-refractivity contribution in [1.29, 1.82) is 0 Å². The van der Waals surface area contributed by atoms with Crippen LogP contribution in [0.4, 0.5) is 11.4 Å². The number of carbonyl (C=O) groups excluding carboxylic acids is 1. The van der Waals surface area contributed by atoms with Gasteiger partial charge in [-0.25, -0.2) is 0 Å². The highest BCUT2D eigenvalue weighted by molar-refractivity contribution is 14.1. The fourth-order valence-corrected chi connectivity index (χ4v) is 3.73. The average Bonchev–Trinajstić information content (AvgIpc) is 2.63. The molecule has 25 heavy (non-hydrogen) atoms. The van der Waals surface area contributed by atoms with Gasteiger partial charge in [-0.3, -0.25) is 10.1 Å². The van der Waals surface area contributed by atoms with E-state index in [1.807, 2.05) is 30.3 Å². The molecule has 1 aliphatic heterocycles. The number of rotatable bonds is 3. The molecular weight excluding hydrogens is 445 g/mol. The molecule has 1 fully saturated rings. The van der Waals surface area contributed by atoms with Crippen LogP contribution in [0.5, 0.6) is 0 Å². The van der Waals surface area contributed by atoms with E-state index in [0.29, 0.717) is 10.7 Å². The van der Waals surface area contributed by atoms with Gasteiger partial charge in [0.2, 0.25) is 0 Å². The molecule has 1 saturated heterocycles. The number of amides is 1. The zero-order valence-electron chi connectivity index (χ0n) is 13.8. The molecule has 2 aromatic rings. The first-order valence-electron chi connectivity index (χ1n) is 8.35. The van der Waals surface area contributed by atoms with Crippen molar-refractivity contribution in [3.05, 3.63) is 57.7 Å². The van der Waals surface area contributed by atoms with Crippen molar-refractivity contribution in [3.8, 4) is 0 Å². The Bertz CT molecular complexity index is 758. The molecule has 2 aromatic carbocycles. The smallest absolute Gasteiger partial charge is 0.258 e. The molecule has 130 valence electrons. The number of hydrogen-bond acceptors (Lipinski definition) is 3. The van der Waals surface area contributed by atoms with Gasteiger partial charge in [0.05, 0.1) is 5.56 Å². The summed E-state index contributed by atoms with van der Waals surface area (Å²) in [4.78, 5) is 14.7. The van der Waals surface area contributed by atoms with E-state index in [4.69, 9.17) is 12.2 Å². The highest BCUT2D eigenvalue weighted by Crippen LogP contribution is 2.21. The Morgan fingerprint density at radius 1 is 1.00 bits per heavy atom. The maximum atomic E-state index is 12.3. The third-order valence-corrected chi connectivity index (χ3v) is 5.34. The van der Waals surface area contributed by atoms with Gasteiger partial charge in [-0.05, 0) is 90.5 Å². The number of carbonyl (C=O) groups is 1. The van der Waals surface area contributed by atoms with Gasteiger partial charge in [0.15, 0.2) is 5.11 Å². The molecule has 0 atom stereocenters. The maximum absolute atomic E-state index is 12.3. The van der Waals surface area contributed by atoms with Gasteiger partial charge in [0.1, 0.15) is 0 Å². The predicted octanol–water partition coefficient (Wildman–Crippen LogP) is 4.41. The van der Waals surface area contributed by atoms with E-state index >= 15 is 0 Å². The van der Waals surface area contributed by atoms with Crippen molar-refractivity contribution in [2.45, 2.75) is 19.3 Å². The summed E-state index contributed by atoms with van der Waals surface area (Å²) in [6.07, 6.45) is 3.84. The molecule has 0 spiro atoms. The molecule has 0 aliphatic carbocycles. The molecule has 1 aliphatic rings. The minimum absolute atomic E-state index is 0.201. The van der Waals surface area contributed by atoms with E-state index in [-0.39, 0.29) is 5.91 Å². The molecule has 2 N–H and O–H groups in total. The second kappa shape index (κ2) is 8.62. The van der Waals surface area contributed by atoms with Crippen LogP contribution < -0.4 is 15.5 Å². The molecule has 0 unspecified atom stereocenters. The Morgan fingerprint density at radius 2 is 1.68 bits per heavy atom. The molecule has 3 rings (SSSR count). The number of thiocarbonyl (C=S) groups is 1. The van der Waals surface area contributed by atoms with Crippen LogP contribution in [0.3, 0.4) is 0 Å². The zero-order chi connectivity index (χ0) is 17.6. The monoisotopic (exact) mass is 465 g/mol. The van der Waals surface area contributed by atoms with Crippen LogP contribution in [-0.4, -0.2) is 24.1 Å². The first-order chi connectivity index (χ1) is 12.1. The lowest BCUT2D eigenvalue weighted by atomic mass is 10.1. The number of benzene rings is 2. The van der Waals surface area contributed by atoms with Crippen LogP contribution >= 0.6 is 34.8 Å². The summed E-state index contributed by atoms with van der Waals surface area (Å²) in [6, 6.07) is 15.6. The van der Waals surface area contributed by atoms with Crippen LogP contribution in [0.15, 0.2) is 48.5 Å².